The third-order valence-corrected chi connectivity index (χ3v) is 3.49. The van der Waals surface area contributed by atoms with E-state index < -0.39 is 0 Å². The van der Waals surface area contributed by atoms with E-state index in [4.69, 9.17) is 10.5 Å². The van der Waals surface area contributed by atoms with Gasteiger partial charge < -0.3 is 0 Å². The minimum absolute atomic E-state index is 0.229. The van der Waals surface area contributed by atoms with Crippen molar-refractivity contribution in [3.8, 4) is 22.7 Å². The molecule has 0 spiro atoms. The molecule has 9 heteroatoms. The van der Waals surface area contributed by atoms with Gasteiger partial charge >= 0.3 is 0 Å². The number of anilines is 1. The number of fused-ring (bicyclic) bond motifs is 1. The van der Waals surface area contributed by atoms with E-state index in [2.05, 4.69) is 25.8 Å². The van der Waals surface area contributed by atoms with E-state index >= 15 is 0 Å². The number of benzene rings is 1. The number of hydrazone groups is 1. The molecule has 0 amide bonds. The van der Waals surface area contributed by atoms with Gasteiger partial charge in [0.15, 0.2) is 0 Å². The van der Waals surface area contributed by atoms with Gasteiger partial charge in [-0.1, -0.05) is 11.3 Å². The summed E-state index contributed by atoms with van der Waals surface area (Å²) in [7, 11) is 0. The molecule has 0 saturated heterocycles. The van der Waals surface area contributed by atoms with Crippen molar-refractivity contribution in [1.29, 1.82) is 10.5 Å². The molecule has 21 heavy (non-hydrogen) atoms. The first kappa shape index (κ1) is 12.7. The summed E-state index contributed by atoms with van der Waals surface area (Å²) in [5, 5.41) is 33.7. The summed E-state index contributed by atoms with van der Waals surface area (Å²) in [6, 6.07) is 10.6. The molecule has 1 N–H and O–H groups in total. The second kappa shape index (κ2) is 5.36. The lowest BCUT2D eigenvalue weighted by molar-refractivity contribution is 0.960. The molecule has 2 aromatic heterocycles. The van der Waals surface area contributed by atoms with Crippen molar-refractivity contribution in [2.75, 3.05) is 5.43 Å². The molecule has 0 aliphatic carbocycles. The Kier molecular flexibility index (Phi) is 3.25. The normalized spacial score (nSPS) is 9.81. The summed E-state index contributed by atoms with van der Waals surface area (Å²) < 4.78 is 1.61. The standard InChI is InChI=1S/C12H6N8S/c13-5-10(6-14)17-16-9-3-1-8(2-4-9)11-19-20-7-15-18-12(20)21-11/h1-4,7,16H. The fourth-order valence-electron chi connectivity index (χ4n) is 1.56. The van der Waals surface area contributed by atoms with Crippen molar-refractivity contribution in [1.82, 2.24) is 19.8 Å². The van der Waals surface area contributed by atoms with Crippen LogP contribution in [-0.4, -0.2) is 25.5 Å². The Labute approximate surface area is 122 Å². The van der Waals surface area contributed by atoms with Gasteiger partial charge in [-0.2, -0.15) is 25.2 Å². The lowest BCUT2D eigenvalue weighted by Crippen LogP contribution is -1.96. The van der Waals surface area contributed by atoms with Crippen molar-refractivity contribution < 1.29 is 0 Å². The van der Waals surface area contributed by atoms with Crippen LogP contribution in [0.3, 0.4) is 0 Å². The molecule has 0 saturated carbocycles. The van der Waals surface area contributed by atoms with Crippen molar-refractivity contribution in [3.05, 3.63) is 30.6 Å². The van der Waals surface area contributed by atoms with Gasteiger partial charge in [-0.3, -0.25) is 5.43 Å². The van der Waals surface area contributed by atoms with Crippen molar-refractivity contribution in [3.63, 3.8) is 0 Å². The summed E-state index contributed by atoms with van der Waals surface area (Å²) in [6.07, 6.45) is 1.55. The maximum Gasteiger partial charge on any atom is 0.237 e. The number of hydrogen-bond donors (Lipinski definition) is 1. The molecule has 0 radical (unpaired) electrons. The molecule has 8 nitrogen and oxygen atoms in total. The van der Waals surface area contributed by atoms with E-state index in [0.29, 0.717) is 5.69 Å². The molecule has 0 unspecified atom stereocenters. The average molecular weight is 294 g/mol. The van der Waals surface area contributed by atoms with Gasteiger partial charge in [-0.25, -0.2) is 0 Å². The van der Waals surface area contributed by atoms with Crippen LogP contribution in [0, 0.1) is 22.7 Å². The van der Waals surface area contributed by atoms with Gasteiger partial charge in [0.1, 0.15) is 23.5 Å². The first-order valence-corrected chi connectivity index (χ1v) is 6.53. The molecule has 0 aliphatic heterocycles. The predicted octanol–water partition coefficient (Wildman–Crippen LogP) is 1.67. The van der Waals surface area contributed by atoms with Gasteiger partial charge in [-0.15, -0.1) is 10.2 Å². The fourth-order valence-corrected chi connectivity index (χ4v) is 2.38. The van der Waals surface area contributed by atoms with Crippen LogP contribution in [0.25, 0.3) is 15.5 Å². The second-order valence-corrected chi connectivity index (χ2v) is 4.79. The van der Waals surface area contributed by atoms with Gasteiger partial charge in [-0.05, 0) is 24.3 Å². The Morgan fingerprint density at radius 3 is 2.67 bits per heavy atom. The minimum Gasteiger partial charge on any atom is -0.277 e. The average Bonchev–Trinajstić information content (AvgIpc) is 3.10. The number of nitriles is 2. The SMILES string of the molecule is N#CC(C#N)=NNc1ccc(-c2nn3cnnc3s2)cc1. The predicted molar refractivity (Wildman–Crippen MR) is 76.4 cm³/mol. The first-order chi connectivity index (χ1) is 10.3. The van der Waals surface area contributed by atoms with E-state index in [0.717, 1.165) is 15.5 Å². The highest BCUT2D eigenvalue weighted by atomic mass is 32.1. The number of nitrogens with one attached hydrogen (secondary N) is 1. The number of nitrogens with zero attached hydrogens (tertiary/aromatic N) is 7. The van der Waals surface area contributed by atoms with E-state index in [9.17, 15) is 0 Å². The first-order valence-electron chi connectivity index (χ1n) is 5.71. The van der Waals surface area contributed by atoms with E-state index in [1.165, 1.54) is 11.3 Å². The van der Waals surface area contributed by atoms with Crippen molar-refractivity contribution in [2.24, 2.45) is 5.10 Å². The highest BCUT2D eigenvalue weighted by molar-refractivity contribution is 7.19. The summed E-state index contributed by atoms with van der Waals surface area (Å²) in [4.78, 5) is 0.726. The van der Waals surface area contributed by atoms with Gasteiger partial charge in [0, 0.05) is 5.56 Å². The van der Waals surface area contributed by atoms with Crippen molar-refractivity contribution >= 4 is 27.7 Å². The number of rotatable bonds is 3. The molecule has 0 atom stereocenters. The monoisotopic (exact) mass is 294 g/mol. The number of aromatic nitrogens is 4. The highest BCUT2D eigenvalue weighted by Gasteiger charge is 2.07. The fraction of sp³-hybridized carbons (Fsp3) is 0. The van der Waals surface area contributed by atoms with Crippen LogP contribution < -0.4 is 5.43 Å². The lowest BCUT2D eigenvalue weighted by Gasteiger charge is -2.00. The zero-order valence-corrected chi connectivity index (χ0v) is 11.2. The molecule has 0 bridgehead atoms. The quantitative estimate of drug-likeness (QED) is 0.580. The Bertz CT molecular complexity index is 845. The van der Waals surface area contributed by atoms with Crippen LogP contribution in [0.1, 0.15) is 0 Å². The maximum absolute atomic E-state index is 8.58. The summed E-state index contributed by atoms with van der Waals surface area (Å²) in [6.45, 7) is 0. The molecule has 0 aliphatic rings. The Balaban J connectivity index is 1.81. The summed E-state index contributed by atoms with van der Waals surface area (Å²) in [5.74, 6) is 0. The largest absolute Gasteiger partial charge is 0.277 e. The molecular formula is C12H6N8S. The van der Waals surface area contributed by atoms with Crippen LogP contribution in [-0.2, 0) is 0 Å². The van der Waals surface area contributed by atoms with Crippen LogP contribution in [0.15, 0.2) is 35.7 Å². The van der Waals surface area contributed by atoms with E-state index in [1.54, 1.807) is 35.1 Å². The Hall–Kier alpha value is -3.30. The second-order valence-electron chi connectivity index (χ2n) is 3.84. The number of hydrogen-bond acceptors (Lipinski definition) is 8. The van der Waals surface area contributed by atoms with Crippen LogP contribution in [0.4, 0.5) is 5.69 Å². The topological polar surface area (TPSA) is 115 Å². The molecule has 1 aromatic carbocycles. The minimum atomic E-state index is -0.229. The molecule has 0 fully saturated rings. The smallest absolute Gasteiger partial charge is 0.237 e. The van der Waals surface area contributed by atoms with Crippen LogP contribution in [0.2, 0.25) is 0 Å². The molecule has 3 rings (SSSR count). The van der Waals surface area contributed by atoms with Crippen LogP contribution in [0.5, 0.6) is 0 Å². The highest BCUT2D eigenvalue weighted by Crippen LogP contribution is 2.25. The van der Waals surface area contributed by atoms with E-state index in [1.807, 2.05) is 12.1 Å². The molecule has 2 heterocycles. The maximum atomic E-state index is 8.58. The zero-order chi connectivity index (χ0) is 14.7. The van der Waals surface area contributed by atoms with E-state index in [-0.39, 0.29) is 5.71 Å². The lowest BCUT2D eigenvalue weighted by atomic mass is 10.2. The Morgan fingerprint density at radius 1 is 1.24 bits per heavy atom. The van der Waals surface area contributed by atoms with Gasteiger partial charge in [0.25, 0.3) is 0 Å². The van der Waals surface area contributed by atoms with Gasteiger partial charge in [0.05, 0.1) is 5.69 Å². The molecular weight excluding hydrogens is 288 g/mol. The summed E-state index contributed by atoms with van der Waals surface area (Å²) >= 11 is 1.43. The Morgan fingerprint density at radius 2 is 2.00 bits per heavy atom. The summed E-state index contributed by atoms with van der Waals surface area (Å²) in [5.41, 5.74) is 4.02. The zero-order valence-electron chi connectivity index (χ0n) is 10.4. The van der Waals surface area contributed by atoms with Crippen LogP contribution >= 0.6 is 11.3 Å². The third kappa shape index (κ3) is 2.54. The third-order valence-electron chi connectivity index (χ3n) is 2.53. The van der Waals surface area contributed by atoms with Crippen molar-refractivity contribution in [2.45, 2.75) is 0 Å². The molecule has 3 aromatic rings. The molecule has 100 valence electrons. The van der Waals surface area contributed by atoms with Gasteiger partial charge in [0.2, 0.25) is 10.7 Å².